The summed E-state index contributed by atoms with van der Waals surface area (Å²) >= 11 is 0. The standard InChI is InChI=1S/C19H28N2O3/c1-4-19(5-2,10-12-22)13-20-17(23)18(24)21-11-9-15-14(3)7-6-8-16(15)21/h6-8,22H,4-5,9-13H2,1-3H3,(H,20,23). The van der Waals surface area contributed by atoms with Crippen LogP contribution in [0, 0.1) is 12.3 Å². The molecule has 132 valence electrons. The van der Waals surface area contributed by atoms with Crippen LogP contribution in [-0.2, 0) is 16.0 Å². The highest BCUT2D eigenvalue weighted by molar-refractivity contribution is 6.40. The van der Waals surface area contributed by atoms with E-state index >= 15 is 0 Å². The Morgan fingerprint density at radius 2 is 2.00 bits per heavy atom. The van der Waals surface area contributed by atoms with Crippen molar-refractivity contribution in [3.63, 3.8) is 0 Å². The van der Waals surface area contributed by atoms with Crippen molar-refractivity contribution in [2.24, 2.45) is 5.41 Å². The lowest BCUT2D eigenvalue weighted by Gasteiger charge is -2.31. The van der Waals surface area contributed by atoms with Gasteiger partial charge < -0.3 is 15.3 Å². The van der Waals surface area contributed by atoms with Gasteiger partial charge in [0, 0.05) is 25.4 Å². The Labute approximate surface area is 144 Å². The molecular formula is C19H28N2O3. The molecule has 0 bridgehead atoms. The van der Waals surface area contributed by atoms with Crippen LogP contribution in [0.3, 0.4) is 0 Å². The van der Waals surface area contributed by atoms with Crippen LogP contribution in [0.2, 0.25) is 0 Å². The van der Waals surface area contributed by atoms with E-state index in [1.165, 1.54) is 0 Å². The molecular weight excluding hydrogens is 304 g/mol. The molecule has 1 aromatic rings. The van der Waals surface area contributed by atoms with Crippen LogP contribution in [0.25, 0.3) is 0 Å². The van der Waals surface area contributed by atoms with Crippen LogP contribution >= 0.6 is 0 Å². The number of nitrogens with zero attached hydrogens (tertiary/aromatic N) is 1. The summed E-state index contributed by atoms with van der Waals surface area (Å²) in [4.78, 5) is 26.5. The molecule has 5 nitrogen and oxygen atoms in total. The van der Waals surface area contributed by atoms with Crippen molar-refractivity contribution in [1.29, 1.82) is 0 Å². The number of fused-ring (bicyclic) bond motifs is 1. The normalized spacial score (nSPS) is 13.8. The molecule has 1 aliphatic heterocycles. The molecule has 0 aliphatic carbocycles. The molecule has 0 radical (unpaired) electrons. The number of anilines is 1. The Hall–Kier alpha value is -1.88. The number of hydrogen-bond acceptors (Lipinski definition) is 3. The van der Waals surface area contributed by atoms with E-state index in [2.05, 4.69) is 5.32 Å². The fourth-order valence-electron chi connectivity index (χ4n) is 3.46. The Kier molecular flexibility index (Phi) is 5.99. The summed E-state index contributed by atoms with van der Waals surface area (Å²) in [5, 5.41) is 12.0. The van der Waals surface area contributed by atoms with E-state index in [4.69, 9.17) is 0 Å². The van der Waals surface area contributed by atoms with Crippen molar-refractivity contribution in [2.45, 2.75) is 46.5 Å². The van der Waals surface area contributed by atoms with Crippen LogP contribution in [-0.4, -0.2) is 36.6 Å². The molecule has 1 aromatic carbocycles. The van der Waals surface area contributed by atoms with E-state index in [0.29, 0.717) is 19.5 Å². The average molecular weight is 332 g/mol. The number of carbonyl (C=O) groups is 2. The monoisotopic (exact) mass is 332 g/mol. The van der Waals surface area contributed by atoms with E-state index in [-0.39, 0.29) is 12.0 Å². The maximum atomic E-state index is 12.5. The quantitative estimate of drug-likeness (QED) is 0.785. The Morgan fingerprint density at radius 1 is 1.29 bits per heavy atom. The molecule has 0 saturated heterocycles. The van der Waals surface area contributed by atoms with Gasteiger partial charge >= 0.3 is 11.8 Å². The number of nitrogens with one attached hydrogen (secondary N) is 1. The highest BCUT2D eigenvalue weighted by Crippen LogP contribution is 2.31. The van der Waals surface area contributed by atoms with Crippen molar-refractivity contribution in [3.05, 3.63) is 29.3 Å². The highest BCUT2D eigenvalue weighted by atomic mass is 16.3. The molecule has 0 saturated carbocycles. The lowest BCUT2D eigenvalue weighted by molar-refractivity contribution is -0.137. The SMILES string of the molecule is CCC(CC)(CCO)CNC(=O)C(=O)N1CCc2c(C)cccc21. The third-order valence-electron chi connectivity index (χ3n) is 5.47. The predicted molar refractivity (Wildman–Crippen MR) is 95.0 cm³/mol. The average Bonchev–Trinajstić information content (AvgIpc) is 3.03. The van der Waals surface area contributed by atoms with E-state index in [9.17, 15) is 14.7 Å². The van der Waals surface area contributed by atoms with Gasteiger partial charge in [0.25, 0.3) is 0 Å². The Balaban J connectivity index is 2.04. The van der Waals surface area contributed by atoms with Crippen molar-refractivity contribution >= 4 is 17.5 Å². The lowest BCUT2D eigenvalue weighted by Crippen LogP contribution is -2.46. The van der Waals surface area contributed by atoms with E-state index < -0.39 is 11.8 Å². The fourth-order valence-corrected chi connectivity index (χ4v) is 3.46. The van der Waals surface area contributed by atoms with Gasteiger partial charge in [-0.25, -0.2) is 0 Å². The van der Waals surface area contributed by atoms with Gasteiger partial charge in [-0.1, -0.05) is 26.0 Å². The fraction of sp³-hybridized carbons (Fsp3) is 0.579. The summed E-state index contributed by atoms with van der Waals surface area (Å²) in [5.41, 5.74) is 3.00. The molecule has 24 heavy (non-hydrogen) atoms. The second-order valence-corrected chi connectivity index (χ2v) is 6.64. The molecule has 2 rings (SSSR count). The number of carbonyl (C=O) groups excluding carboxylic acids is 2. The predicted octanol–water partition coefficient (Wildman–Crippen LogP) is 2.19. The number of aliphatic hydroxyl groups excluding tert-OH is 1. The number of benzene rings is 1. The molecule has 2 N–H and O–H groups in total. The zero-order chi connectivity index (χ0) is 17.7. The summed E-state index contributed by atoms with van der Waals surface area (Å²) in [5.74, 6) is -1.06. The molecule has 0 atom stereocenters. The smallest absolute Gasteiger partial charge is 0.316 e. The summed E-state index contributed by atoms with van der Waals surface area (Å²) in [6, 6.07) is 5.84. The van der Waals surface area contributed by atoms with Gasteiger partial charge in [0.2, 0.25) is 0 Å². The van der Waals surface area contributed by atoms with E-state index in [0.717, 1.165) is 36.1 Å². The van der Waals surface area contributed by atoms with Gasteiger partial charge in [-0.15, -0.1) is 0 Å². The molecule has 2 amide bonds. The Morgan fingerprint density at radius 3 is 2.62 bits per heavy atom. The van der Waals surface area contributed by atoms with Gasteiger partial charge in [-0.05, 0) is 55.2 Å². The van der Waals surface area contributed by atoms with Crippen LogP contribution in [0.4, 0.5) is 5.69 Å². The van der Waals surface area contributed by atoms with Gasteiger partial charge in [0.05, 0.1) is 0 Å². The highest BCUT2D eigenvalue weighted by Gasteiger charge is 2.32. The summed E-state index contributed by atoms with van der Waals surface area (Å²) in [7, 11) is 0. The molecule has 0 aromatic heterocycles. The molecule has 1 aliphatic rings. The minimum Gasteiger partial charge on any atom is -0.396 e. The Bertz CT molecular complexity index is 609. The minimum absolute atomic E-state index is 0.0876. The molecule has 5 heteroatoms. The molecule has 1 heterocycles. The van der Waals surface area contributed by atoms with E-state index in [1.54, 1.807) is 4.90 Å². The van der Waals surface area contributed by atoms with Gasteiger partial charge in [-0.3, -0.25) is 9.59 Å². The van der Waals surface area contributed by atoms with E-state index in [1.807, 2.05) is 39.0 Å². The maximum absolute atomic E-state index is 12.5. The number of hydrogen-bond donors (Lipinski definition) is 2. The number of amides is 2. The topological polar surface area (TPSA) is 69.6 Å². The first-order valence-corrected chi connectivity index (χ1v) is 8.77. The van der Waals surface area contributed by atoms with Crippen LogP contribution in [0.5, 0.6) is 0 Å². The number of aliphatic hydroxyl groups is 1. The van der Waals surface area contributed by atoms with Crippen molar-refractivity contribution in [1.82, 2.24) is 5.32 Å². The zero-order valence-electron chi connectivity index (χ0n) is 14.9. The van der Waals surface area contributed by atoms with Crippen molar-refractivity contribution in [2.75, 3.05) is 24.6 Å². The second kappa shape index (κ2) is 7.79. The van der Waals surface area contributed by atoms with Gasteiger partial charge in [-0.2, -0.15) is 0 Å². The van der Waals surface area contributed by atoms with Crippen LogP contribution in [0.1, 0.15) is 44.2 Å². The zero-order valence-corrected chi connectivity index (χ0v) is 14.9. The number of aryl methyl sites for hydroxylation is 1. The second-order valence-electron chi connectivity index (χ2n) is 6.64. The van der Waals surface area contributed by atoms with Crippen molar-refractivity contribution in [3.8, 4) is 0 Å². The minimum atomic E-state index is -0.562. The first-order valence-electron chi connectivity index (χ1n) is 8.77. The summed E-state index contributed by atoms with van der Waals surface area (Å²) in [6.07, 6.45) is 3.12. The third-order valence-corrected chi connectivity index (χ3v) is 5.47. The van der Waals surface area contributed by atoms with Gasteiger partial charge in [0.1, 0.15) is 0 Å². The first-order chi connectivity index (χ1) is 11.5. The van der Waals surface area contributed by atoms with Crippen molar-refractivity contribution < 1.29 is 14.7 Å². The van der Waals surface area contributed by atoms with Crippen LogP contribution < -0.4 is 10.2 Å². The maximum Gasteiger partial charge on any atom is 0.316 e. The number of rotatable bonds is 6. The molecule has 0 spiro atoms. The summed E-state index contributed by atoms with van der Waals surface area (Å²) in [6.45, 7) is 7.18. The lowest BCUT2D eigenvalue weighted by atomic mass is 9.79. The first kappa shape index (κ1) is 18.5. The largest absolute Gasteiger partial charge is 0.396 e. The van der Waals surface area contributed by atoms with Crippen LogP contribution in [0.15, 0.2) is 18.2 Å². The molecule has 0 unspecified atom stereocenters. The van der Waals surface area contributed by atoms with Gasteiger partial charge in [0.15, 0.2) is 0 Å². The third kappa shape index (κ3) is 3.61. The summed E-state index contributed by atoms with van der Waals surface area (Å²) < 4.78 is 0. The molecule has 0 fully saturated rings.